The van der Waals surface area contributed by atoms with Gasteiger partial charge in [-0.3, -0.25) is 0 Å². The Morgan fingerprint density at radius 3 is 1.25 bits per heavy atom. The molecule has 4 aromatic carbocycles. The van der Waals surface area contributed by atoms with Crippen LogP contribution in [0.5, 0.6) is 0 Å². The molecule has 0 bridgehead atoms. The number of rotatable bonds is 16. The second kappa shape index (κ2) is 13.9. The zero-order valence-electron chi connectivity index (χ0n) is 34.0. The molecule has 0 fully saturated rings. The van der Waals surface area contributed by atoms with Gasteiger partial charge in [-0.25, -0.2) is 0 Å². The first-order chi connectivity index (χ1) is 24.7. The molecule has 0 radical (unpaired) electrons. The van der Waals surface area contributed by atoms with Gasteiger partial charge in [-0.1, -0.05) is 0 Å². The predicted octanol–water partition coefficient (Wildman–Crippen LogP) is 15.5. The quantitative estimate of drug-likeness (QED) is 0.0777. The summed E-state index contributed by atoms with van der Waals surface area (Å²) in [6, 6.07) is 33.5. The molecule has 2 aliphatic carbocycles. The van der Waals surface area contributed by atoms with Crippen molar-refractivity contribution in [2.75, 3.05) is 0 Å². The van der Waals surface area contributed by atoms with Crippen LogP contribution < -0.4 is 0 Å². The van der Waals surface area contributed by atoms with Crippen molar-refractivity contribution in [1.82, 2.24) is 0 Å². The van der Waals surface area contributed by atoms with Gasteiger partial charge in [0, 0.05) is 0 Å². The number of benzene rings is 4. The second-order valence-corrected chi connectivity index (χ2v) is 97.4. The fourth-order valence-corrected chi connectivity index (χ4v) is 60.9. The van der Waals surface area contributed by atoms with Crippen LogP contribution in [0.25, 0.3) is 34.4 Å². The van der Waals surface area contributed by atoms with Crippen molar-refractivity contribution >= 4 is 19.1 Å². The first-order valence-electron chi connectivity index (χ1n) is 21.1. The number of hydrogen-bond acceptors (Lipinski definition) is 0. The second-order valence-electron chi connectivity index (χ2n) is 20.4. The Morgan fingerprint density at radius 2 is 0.904 bits per heavy atom. The summed E-state index contributed by atoms with van der Waals surface area (Å²) in [4.78, 5) is 0. The van der Waals surface area contributed by atoms with E-state index in [0.717, 1.165) is 0 Å². The molecular weight excluding hydrogens is 807 g/mol. The van der Waals surface area contributed by atoms with Gasteiger partial charge in [0.15, 0.2) is 0 Å². The zero-order valence-corrected chi connectivity index (χ0v) is 39.0. The average Bonchev–Trinajstić information content (AvgIpc) is 3.80. The molecule has 0 heterocycles. The Balaban J connectivity index is 1.57. The standard InChI is InChI=1S/2C18H17.2C6H13.2CH3.Hf.H2Si/c2*1-13(2)14-9-11-16(12-10-14)18-8-4-6-15-5-3-7-17(15)18;2*1-3-5-6-4-2;;;;/h2*3-13H,1-2H3;2*1,3-6H2,2H3;2*1H3;;1H2. The number of allylic oxidation sites excluding steroid dienone is 2. The summed E-state index contributed by atoms with van der Waals surface area (Å²) in [5.41, 5.74) is 14.5. The van der Waals surface area contributed by atoms with Crippen LogP contribution in [0.15, 0.2) is 97.1 Å². The molecule has 0 saturated carbocycles. The molecule has 2 unspecified atom stereocenters. The normalized spacial score (nSPS) is 18.6. The Morgan fingerprint density at radius 1 is 0.519 bits per heavy atom. The molecule has 0 aromatic heterocycles. The van der Waals surface area contributed by atoms with Crippen LogP contribution in [0.3, 0.4) is 0 Å². The minimum absolute atomic E-state index is 0.449. The van der Waals surface area contributed by atoms with Crippen LogP contribution in [0.1, 0.15) is 145 Å². The Kier molecular flexibility index (Phi) is 10.5. The van der Waals surface area contributed by atoms with Crippen LogP contribution in [-0.2, 0) is 14.2 Å². The third kappa shape index (κ3) is 6.72. The van der Waals surface area contributed by atoms with E-state index in [1.807, 2.05) is 0 Å². The van der Waals surface area contributed by atoms with Crippen LogP contribution >= 0.6 is 0 Å². The molecular formula is C50H68HfSi. The molecule has 0 spiro atoms. The van der Waals surface area contributed by atoms with Gasteiger partial charge < -0.3 is 0 Å². The first-order valence-corrected chi connectivity index (χ1v) is 45.8. The third-order valence-corrected chi connectivity index (χ3v) is 71.5. The van der Waals surface area contributed by atoms with Gasteiger partial charge >= 0.3 is 316 Å². The molecule has 0 amide bonds. The van der Waals surface area contributed by atoms with Crippen molar-refractivity contribution in [2.24, 2.45) is 0 Å². The topological polar surface area (TPSA) is 0 Å². The van der Waals surface area contributed by atoms with E-state index in [0.29, 0.717) is 19.2 Å². The van der Waals surface area contributed by atoms with E-state index < -0.39 is 14.2 Å². The fourth-order valence-electron chi connectivity index (χ4n) is 11.3. The van der Waals surface area contributed by atoms with Gasteiger partial charge in [-0.15, -0.1) is 0 Å². The zero-order chi connectivity index (χ0) is 37.3. The van der Waals surface area contributed by atoms with E-state index in [9.17, 15) is 0 Å². The summed E-state index contributed by atoms with van der Waals surface area (Å²) < 4.78 is 9.62. The van der Waals surface area contributed by atoms with Crippen molar-refractivity contribution in [2.45, 2.75) is 130 Å². The Bertz CT molecular complexity index is 1950. The van der Waals surface area contributed by atoms with E-state index in [4.69, 9.17) is 0 Å². The van der Waals surface area contributed by atoms with Crippen molar-refractivity contribution < 1.29 is 14.2 Å². The molecule has 0 N–H and O–H groups in total. The van der Waals surface area contributed by atoms with Gasteiger partial charge in [0.25, 0.3) is 0 Å². The summed E-state index contributed by atoms with van der Waals surface area (Å²) in [5, 5.41) is 0. The summed E-state index contributed by atoms with van der Waals surface area (Å²) in [6.45, 7) is 16.5. The molecule has 4 aromatic rings. The third-order valence-electron chi connectivity index (χ3n) is 14.9. The van der Waals surface area contributed by atoms with Gasteiger partial charge in [0.05, 0.1) is 0 Å². The van der Waals surface area contributed by atoms with E-state index in [2.05, 4.69) is 167 Å². The molecule has 6 rings (SSSR count). The molecule has 0 aliphatic heterocycles. The minimum atomic E-state index is -5.19. The van der Waals surface area contributed by atoms with Gasteiger partial charge in [-0.05, 0) is 0 Å². The maximum atomic E-state index is 2.99. The average molecular weight is 876 g/mol. The van der Waals surface area contributed by atoms with Crippen LogP contribution in [0.4, 0.5) is 0 Å². The first kappa shape index (κ1) is 39.1. The molecule has 52 heavy (non-hydrogen) atoms. The van der Waals surface area contributed by atoms with Crippen LogP contribution in [0.2, 0.25) is 17.7 Å². The van der Waals surface area contributed by atoms with Crippen molar-refractivity contribution in [1.29, 1.82) is 0 Å². The number of hydrogen-bond donors (Lipinski definition) is 0. The Hall–Kier alpha value is -2.55. The number of unbranched alkanes of at least 4 members (excludes halogenated alkanes) is 6. The van der Waals surface area contributed by atoms with E-state index in [-0.39, 0.29) is 0 Å². The molecule has 0 nitrogen and oxygen atoms in total. The van der Waals surface area contributed by atoms with Crippen LogP contribution in [0, 0.1) is 0 Å². The van der Waals surface area contributed by atoms with E-state index in [1.165, 1.54) is 104 Å². The summed E-state index contributed by atoms with van der Waals surface area (Å²) in [5.74, 6) is 1.08. The van der Waals surface area contributed by atoms with Crippen molar-refractivity contribution in [3.05, 3.63) is 130 Å². The van der Waals surface area contributed by atoms with Gasteiger partial charge in [0.2, 0.25) is 0 Å². The van der Waals surface area contributed by atoms with Crippen LogP contribution in [-0.4, -0.2) is 6.94 Å². The van der Waals surface area contributed by atoms with E-state index in [1.54, 1.807) is 11.1 Å². The van der Waals surface area contributed by atoms with Gasteiger partial charge in [0.1, 0.15) is 0 Å². The molecule has 2 heteroatoms. The maximum absolute atomic E-state index is 5.19. The fraction of sp³-hybridized carbons (Fsp3) is 0.440. The molecule has 276 valence electrons. The SMILES string of the molecule is CCCCC[CH2][Hf]([CH3])([CH3])(=[SiH2])([CH2]CCCCC)([CH]1C=Cc2c(-c3ccc(C(C)C)cc3)cccc21)[CH]1C=Cc2c(-c3ccc(C(C)C)cc3)cccc21. The van der Waals surface area contributed by atoms with E-state index >= 15 is 0 Å². The summed E-state index contributed by atoms with van der Waals surface area (Å²) >= 11 is -5.19. The van der Waals surface area contributed by atoms with Crippen molar-refractivity contribution in [3.63, 3.8) is 0 Å². The summed E-state index contributed by atoms with van der Waals surface area (Å²) in [6.07, 6.45) is 21.1. The molecule has 2 aliphatic rings. The monoisotopic (exact) mass is 876 g/mol. The predicted molar refractivity (Wildman–Crippen MR) is 234 cm³/mol. The summed E-state index contributed by atoms with van der Waals surface area (Å²) in [7, 11) is 0. The van der Waals surface area contributed by atoms with Gasteiger partial charge in [-0.2, -0.15) is 0 Å². The molecule has 0 saturated heterocycles. The Labute approximate surface area is 313 Å². The van der Waals surface area contributed by atoms with Crippen molar-refractivity contribution in [3.8, 4) is 22.3 Å². The number of fused-ring (bicyclic) bond motifs is 2. The molecule has 2 atom stereocenters.